The molecule has 0 aliphatic carbocycles. The van der Waals surface area contributed by atoms with Gasteiger partial charge in [0.15, 0.2) is 0 Å². The third-order valence-corrected chi connectivity index (χ3v) is 3.21. The van der Waals surface area contributed by atoms with Gasteiger partial charge in [-0.25, -0.2) is 0 Å². The standard InChI is InChI=1S/C13H26O2/c14-11-7-4-2-1-3-5-9-13-10-6-8-12-15-13/h13-14H,1-12H2. The molecule has 2 nitrogen and oxygen atoms in total. The summed E-state index contributed by atoms with van der Waals surface area (Å²) in [5, 5.41) is 8.62. The van der Waals surface area contributed by atoms with Gasteiger partial charge in [-0.1, -0.05) is 32.1 Å². The van der Waals surface area contributed by atoms with Crippen molar-refractivity contribution in [2.24, 2.45) is 0 Å². The molecule has 15 heavy (non-hydrogen) atoms. The van der Waals surface area contributed by atoms with Gasteiger partial charge in [-0.3, -0.25) is 0 Å². The summed E-state index contributed by atoms with van der Waals surface area (Å²) >= 11 is 0. The molecule has 0 aromatic carbocycles. The van der Waals surface area contributed by atoms with Crippen molar-refractivity contribution in [1.29, 1.82) is 0 Å². The maximum absolute atomic E-state index is 8.62. The predicted molar refractivity (Wildman–Crippen MR) is 63.0 cm³/mol. The largest absolute Gasteiger partial charge is 0.396 e. The fourth-order valence-corrected chi connectivity index (χ4v) is 2.23. The van der Waals surface area contributed by atoms with Crippen molar-refractivity contribution >= 4 is 0 Å². The molecule has 1 atom stereocenters. The van der Waals surface area contributed by atoms with Crippen LogP contribution in [0, 0.1) is 0 Å². The Balaban J connectivity index is 1.79. The average Bonchev–Trinajstić information content (AvgIpc) is 2.29. The number of rotatable bonds is 8. The molecule has 0 bridgehead atoms. The van der Waals surface area contributed by atoms with Crippen molar-refractivity contribution in [1.82, 2.24) is 0 Å². The van der Waals surface area contributed by atoms with Crippen molar-refractivity contribution in [3.63, 3.8) is 0 Å². The van der Waals surface area contributed by atoms with Crippen molar-refractivity contribution < 1.29 is 9.84 Å². The Labute approximate surface area is 94.0 Å². The third kappa shape index (κ3) is 6.91. The lowest BCUT2D eigenvalue weighted by atomic mass is 10.0. The first kappa shape index (κ1) is 13.0. The van der Waals surface area contributed by atoms with Crippen molar-refractivity contribution in [3.8, 4) is 0 Å². The fraction of sp³-hybridized carbons (Fsp3) is 1.00. The second-order valence-electron chi connectivity index (χ2n) is 4.62. The zero-order chi connectivity index (χ0) is 10.8. The van der Waals surface area contributed by atoms with E-state index in [9.17, 15) is 0 Å². The van der Waals surface area contributed by atoms with Crippen LogP contribution in [0.25, 0.3) is 0 Å². The molecule has 0 saturated carbocycles. The number of ether oxygens (including phenoxy) is 1. The fourth-order valence-electron chi connectivity index (χ4n) is 2.23. The number of aliphatic hydroxyl groups is 1. The molecule has 0 spiro atoms. The summed E-state index contributed by atoms with van der Waals surface area (Å²) in [6.45, 7) is 1.34. The van der Waals surface area contributed by atoms with E-state index in [2.05, 4.69) is 0 Å². The minimum absolute atomic E-state index is 0.357. The molecule has 90 valence electrons. The van der Waals surface area contributed by atoms with Crippen LogP contribution in [0.1, 0.15) is 64.2 Å². The average molecular weight is 214 g/mol. The van der Waals surface area contributed by atoms with E-state index < -0.39 is 0 Å². The van der Waals surface area contributed by atoms with E-state index in [1.165, 1.54) is 57.8 Å². The number of unbranched alkanes of at least 4 members (excludes halogenated alkanes) is 5. The quantitative estimate of drug-likeness (QED) is 0.628. The van der Waals surface area contributed by atoms with Gasteiger partial charge in [0.25, 0.3) is 0 Å². The van der Waals surface area contributed by atoms with Crippen molar-refractivity contribution in [2.45, 2.75) is 70.3 Å². The summed E-state index contributed by atoms with van der Waals surface area (Å²) in [4.78, 5) is 0. The van der Waals surface area contributed by atoms with E-state index in [1.54, 1.807) is 0 Å². The normalized spacial score (nSPS) is 21.8. The molecule has 1 N–H and O–H groups in total. The summed E-state index contributed by atoms with van der Waals surface area (Å²) in [5.74, 6) is 0. The molecule has 0 aromatic heterocycles. The molecule has 0 aromatic rings. The van der Waals surface area contributed by atoms with Gasteiger partial charge in [0, 0.05) is 13.2 Å². The summed E-state index contributed by atoms with van der Waals surface area (Å²) in [7, 11) is 0. The second-order valence-corrected chi connectivity index (χ2v) is 4.62. The molecule has 1 aliphatic rings. The maximum atomic E-state index is 8.62. The van der Waals surface area contributed by atoms with E-state index >= 15 is 0 Å². The Morgan fingerprint density at radius 3 is 2.33 bits per heavy atom. The Morgan fingerprint density at radius 1 is 0.933 bits per heavy atom. The van der Waals surface area contributed by atoms with Gasteiger partial charge in [0.1, 0.15) is 0 Å². The first-order valence-electron chi connectivity index (χ1n) is 6.66. The zero-order valence-corrected chi connectivity index (χ0v) is 9.92. The molecule has 1 fully saturated rings. The first-order valence-corrected chi connectivity index (χ1v) is 6.66. The minimum Gasteiger partial charge on any atom is -0.396 e. The smallest absolute Gasteiger partial charge is 0.0575 e. The molecular formula is C13H26O2. The lowest BCUT2D eigenvalue weighted by molar-refractivity contribution is 0.00977. The number of hydrogen-bond donors (Lipinski definition) is 1. The summed E-state index contributed by atoms with van der Waals surface area (Å²) in [6.07, 6.45) is 13.2. The van der Waals surface area contributed by atoms with Gasteiger partial charge in [-0.05, 0) is 32.1 Å². The Bertz CT molecular complexity index is 130. The summed E-state index contributed by atoms with van der Waals surface area (Å²) < 4.78 is 5.69. The van der Waals surface area contributed by atoms with Crippen LogP contribution in [0.3, 0.4) is 0 Å². The maximum Gasteiger partial charge on any atom is 0.0575 e. The van der Waals surface area contributed by atoms with Crippen molar-refractivity contribution in [3.05, 3.63) is 0 Å². The second kappa shape index (κ2) is 9.17. The van der Waals surface area contributed by atoms with Crippen LogP contribution in [-0.2, 0) is 4.74 Å². The van der Waals surface area contributed by atoms with Gasteiger partial charge < -0.3 is 9.84 Å². The molecule has 1 rings (SSSR count). The molecule has 1 heterocycles. The predicted octanol–water partition coefficient (Wildman–Crippen LogP) is 3.28. The van der Waals surface area contributed by atoms with Crippen LogP contribution in [0.4, 0.5) is 0 Å². The van der Waals surface area contributed by atoms with Crippen LogP contribution < -0.4 is 0 Å². The summed E-state index contributed by atoms with van der Waals surface area (Å²) in [5.41, 5.74) is 0. The number of hydrogen-bond acceptors (Lipinski definition) is 2. The van der Waals surface area contributed by atoms with E-state index in [0.717, 1.165) is 13.0 Å². The van der Waals surface area contributed by atoms with Gasteiger partial charge in [-0.15, -0.1) is 0 Å². The van der Waals surface area contributed by atoms with E-state index in [-0.39, 0.29) is 0 Å². The van der Waals surface area contributed by atoms with E-state index in [0.29, 0.717) is 12.7 Å². The van der Waals surface area contributed by atoms with Gasteiger partial charge in [-0.2, -0.15) is 0 Å². The SMILES string of the molecule is OCCCCCCCCC1CCCCO1. The van der Waals surface area contributed by atoms with Gasteiger partial charge in [0.05, 0.1) is 6.10 Å². The van der Waals surface area contributed by atoms with Gasteiger partial charge >= 0.3 is 0 Å². The number of aliphatic hydroxyl groups excluding tert-OH is 1. The Hall–Kier alpha value is -0.0800. The topological polar surface area (TPSA) is 29.5 Å². The Morgan fingerprint density at radius 2 is 1.67 bits per heavy atom. The van der Waals surface area contributed by atoms with Crippen LogP contribution in [0.15, 0.2) is 0 Å². The monoisotopic (exact) mass is 214 g/mol. The third-order valence-electron chi connectivity index (χ3n) is 3.21. The summed E-state index contributed by atoms with van der Waals surface area (Å²) in [6, 6.07) is 0. The van der Waals surface area contributed by atoms with Crippen LogP contribution in [0.2, 0.25) is 0 Å². The molecule has 2 heteroatoms. The molecular weight excluding hydrogens is 188 g/mol. The minimum atomic E-state index is 0.357. The van der Waals surface area contributed by atoms with E-state index in [4.69, 9.17) is 9.84 Å². The molecule has 1 aliphatic heterocycles. The highest BCUT2D eigenvalue weighted by molar-refractivity contribution is 4.63. The highest BCUT2D eigenvalue weighted by atomic mass is 16.5. The van der Waals surface area contributed by atoms with Crippen LogP contribution >= 0.6 is 0 Å². The molecule has 1 unspecified atom stereocenters. The van der Waals surface area contributed by atoms with Crippen LogP contribution in [-0.4, -0.2) is 24.4 Å². The van der Waals surface area contributed by atoms with Crippen LogP contribution in [0.5, 0.6) is 0 Å². The molecule has 0 amide bonds. The van der Waals surface area contributed by atoms with Crippen molar-refractivity contribution in [2.75, 3.05) is 13.2 Å². The zero-order valence-electron chi connectivity index (χ0n) is 9.92. The highest BCUT2D eigenvalue weighted by Crippen LogP contribution is 2.18. The highest BCUT2D eigenvalue weighted by Gasteiger charge is 2.12. The first-order chi connectivity index (χ1) is 7.43. The molecule has 0 radical (unpaired) electrons. The Kier molecular flexibility index (Phi) is 7.94. The molecule has 1 saturated heterocycles. The lowest BCUT2D eigenvalue weighted by Gasteiger charge is -2.22. The van der Waals surface area contributed by atoms with E-state index in [1.807, 2.05) is 0 Å². The lowest BCUT2D eigenvalue weighted by Crippen LogP contribution is -2.18. The van der Waals surface area contributed by atoms with Gasteiger partial charge in [0.2, 0.25) is 0 Å².